The van der Waals surface area contributed by atoms with Crippen molar-refractivity contribution in [1.82, 2.24) is 14.9 Å². The van der Waals surface area contributed by atoms with Crippen LogP contribution in [-0.2, 0) is 4.74 Å². The summed E-state index contributed by atoms with van der Waals surface area (Å²) in [5.41, 5.74) is 1.50. The normalized spacial score (nSPS) is 20.8. The van der Waals surface area contributed by atoms with Gasteiger partial charge < -0.3 is 15.0 Å². The van der Waals surface area contributed by atoms with Gasteiger partial charge in [0, 0.05) is 30.9 Å². The number of nitrogens with zero attached hydrogens (tertiary/aromatic N) is 3. The van der Waals surface area contributed by atoms with E-state index in [1.165, 1.54) is 12.8 Å². The molecular formula is C17H20N4O2S. The molecule has 2 aromatic heterocycles. The third-order valence-electron chi connectivity index (χ3n) is 4.40. The Bertz CT molecular complexity index is 702. The summed E-state index contributed by atoms with van der Waals surface area (Å²) < 4.78 is 5.60. The van der Waals surface area contributed by atoms with E-state index in [0.717, 1.165) is 23.3 Å². The van der Waals surface area contributed by atoms with Gasteiger partial charge in [0.1, 0.15) is 0 Å². The molecule has 7 heteroatoms. The third-order valence-corrected chi connectivity index (χ3v) is 5.22. The summed E-state index contributed by atoms with van der Waals surface area (Å²) in [5.74, 6) is 0.788. The van der Waals surface area contributed by atoms with E-state index in [0.29, 0.717) is 25.3 Å². The summed E-state index contributed by atoms with van der Waals surface area (Å²) in [4.78, 5) is 23.4. The number of carbonyl (C=O) groups is 1. The molecule has 4 rings (SSSR count). The van der Waals surface area contributed by atoms with E-state index in [2.05, 4.69) is 15.3 Å². The first-order valence-electron chi connectivity index (χ1n) is 8.29. The summed E-state index contributed by atoms with van der Waals surface area (Å²) in [6.07, 6.45) is 5.91. The van der Waals surface area contributed by atoms with Crippen LogP contribution in [0.2, 0.25) is 0 Å². The van der Waals surface area contributed by atoms with Gasteiger partial charge in [-0.15, -0.1) is 11.3 Å². The highest BCUT2D eigenvalue weighted by molar-refractivity contribution is 7.13. The van der Waals surface area contributed by atoms with Gasteiger partial charge in [-0.05, 0) is 30.9 Å². The molecule has 0 spiro atoms. The number of hydrogen-bond acceptors (Lipinski definition) is 6. The lowest BCUT2D eigenvalue weighted by Gasteiger charge is -2.34. The number of rotatable bonds is 5. The SMILES string of the molecule is O=C(c1cccnc1)N1CCOC[C@@H]1c1csc(NCC2CC2)n1. The van der Waals surface area contributed by atoms with E-state index in [4.69, 9.17) is 4.74 Å². The van der Waals surface area contributed by atoms with Crippen LogP contribution in [0, 0.1) is 5.92 Å². The molecule has 0 unspecified atom stereocenters. The van der Waals surface area contributed by atoms with Crippen LogP contribution in [0.1, 0.15) is 34.9 Å². The lowest BCUT2D eigenvalue weighted by atomic mass is 10.1. The molecule has 1 saturated carbocycles. The molecule has 1 saturated heterocycles. The van der Waals surface area contributed by atoms with Crippen molar-refractivity contribution >= 4 is 22.4 Å². The molecule has 2 fully saturated rings. The molecular weight excluding hydrogens is 324 g/mol. The third kappa shape index (κ3) is 3.42. The number of amides is 1. The monoisotopic (exact) mass is 344 g/mol. The lowest BCUT2D eigenvalue weighted by molar-refractivity contribution is -0.00373. The topological polar surface area (TPSA) is 67.4 Å². The number of morpholine rings is 1. The fraction of sp³-hybridized carbons (Fsp3) is 0.471. The van der Waals surface area contributed by atoms with Gasteiger partial charge in [-0.2, -0.15) is 0 Å². The van der Waals surface area contributed by atoms with Crippen LogP contribution in [0.15, 0.2) is 29.9 Å². The van der Waals surface area contributed by atoms with Gasteiger partial charge in [0.25, 0.3) is 5.91 Å². The van der Waals surface area contributed by atoms with Crippen molar-refractivity contribution in [2.24, 2.45) is 5.92 Å². The van der Waals surface area contributed by atoms with Gasteiger partial charge in [0.05, 0.1) is 30.5 Å². The second-order valence-corrected chi connectivity index (χ2v) is 7.09. The van der Waals surface area contributed by atoms with Crippen LogP contribution in [0.3, 0.4) is 0 Å². The van der Waals surface area contributed by atoms with Gasteiger partial charge >= 0.3 is 0 Å². The van der Waals surface area contributed by atoms with E-state index in [-0.39, 0.29) is 11.9 Å². The van der Waals surface area contributed by atoms with E-state index in [1.807, 2.05) is 10.3 Å². The quantitative estimate of drug-likeness (QED) is 0.903. The predicted octanol–water partition coefficient (Wildman–Crippen LogP) is 2.57. The maximum absolute atomic E-state index is 12.8. The average molecular weight is 344 g/mol. The van der Waals surface area contributed by atoms with Crippen molar-refractivity contribution in [3.8, 4) is 0 Å². The van der Waals surface area contributed by atoms with Crippen molar-refractivity contribution in [1.29, 1.82) is 0 Å². The van der Waals surface area contributed by atoms with Gasteiger partial charge in [-0.3, -0.25) is 9.78 Å². The Hall–Kier alpha value is -1.99. The number of nitrogens with one attached hydrogen (secondary N) is 1. The fourth-order valence-corrected chi connectivity index (χ4v) is 3.59. The highest BCUT2D eigenvalue weighted by atomic mass is 32.1. The minimum Gasteiger partial charge on any atom is -0.377 e. The Labute approximate surface area is 144 Å². The summed E-state index contributed by atoms with van der Waals surface area (Å²) in [7, 11) is 0. The molecule has 126 valence electrons. The van der Waals surface area contributed by atoms with E-state index >= 15 is 0 Å². The van der Waals surface area contributed by atoms with E-state index in [9.17, 15) is 4.79 Å². The Morgan fingerprint density at radius 1 is 1.46 bits per heavy atom. The number of anilines is 1. The predicted molar refractivity (Wildman–Crippen MR) is 92.2 cm³/mol. The van der Waals surface area contributed by atoms with Crippen molar-refractivity contribution < 1.29 is 9.53 Å². The molecule has 24 heavy (non-hydrogen) atoms. The van der Waals surface area contributed by atoms with Crippen LogP contribution < -0.4 is 5.32 Å². The summed E-state index contributed by atoms with van der Waals surface area (Å²) in [5, 5.41) is 6.35. The smallest absolute Gasteiger partial charge is 0.256 e. The Morgan fingerprint density at radius 3 is 3.17 bits per heavy atom. The first-order valence-corrected chi connectivity index (χ1v) is 9.17. The van der Waals surface area contributed by atoms with Gasteiger partial charge in [0.2, 0.25) is 0 Å². The van der Waals surface area contributed by atoms with Crippen LogP contribution in [0.5, 0.6) is 0 Å². The van der Waals surface area contributed by atoms with Crippen molar-refractivity contribution in [2.75, 3.05) is 31.6 Å². The first-order chi connectivity index (χ1) is 11.8. The molecule has 0 radical (unpaired) electrons. The zero-order chi connectivity index (χ0) is 16.4. The molecule has 0 aromatic carbocycles. The molecule has 3 heterocycles. The molecule has 0 bridgehead atoms. The van der Waals surface area contributed by atoms with Gasteiger partial charge in [0.15, 0.2) is 5.13 Å². The molecule has 1 atom stereocenters. The van der Waals surface area contributed by atoms with Crippen LogP contribution >= 0.6 is 11.3 Å². The standard InChI is InChI=1S/C17H20N4O2S/c22-16(13-2-1-5-18-9-13)21-6-7-23-10-15(21)14-11-24-17(20-14)19-8-12-3-4-12/h1-2,5,9,11-12,15H,3-4,6-8,10H2,(H,19,20)/t15-/m1/s1. The molecule has 2 aliphatic rings. The van der Waals surface area contributed by atoms with Crippen molar-refractivity contribution in [3.63, 3.8) is 0 Å². The summed E-state index contributed by atoms with van der Waals surface area (Å²) >= 11 is 1.59. The lowest BCUT2D eigenvalue weighted by Crippen LogP contribution is -2.43. The van der Waals surface area contributed by atoms with E-state index in [1.54, 1.807) is 35.9 Å². The molecule has 1 amide bonds. The largest absolute Gasteiger partial charge is 0.377 e. The maximum atomic E-state index is 12.8. The van der Waals surface area contributed by atoms with Crippen LogP contribution in [0.25, 0.3) is 0 Å². The molecule has 1 aliphatic carbocycles. The van der Waals surface area contributed by atoms with Gasteiger partial charge in [-0.25, -0.2) is 4.98 Å². The average Bonchev–Trinajstić information content (AvgIpc) is 3.36. The molecule has 1 aliphatic heterocycles. The number of thiazole rings is 1. The second kappa shape index (κ2) is 6.86. The first kappa shape index (κ1) is 15.5. The summed E-state index contributed by atoms with van der Waals surface area (Å²) in [6, 6.07) is 3.44. The zero-order valence-corrected chi connectivity index (χ0v) is 14.2. The minimum absolute atomic E-state index is 0.0168. The van der Waals surface area contributed by atoms with Gasteiger partial charge in [-0.1, -0.05) is 0 Å². The maximum Gasteiger partial charge on any atom is 0.256 e. The Kier molecular flexibility index (Phi) is 4.44. The number of carbonyl (C=O) groups excluding carboxylic acids is 1. The van der Waals surface area contributed by atoms with Crippen molar-refractivity contribution in [3.05, 3.63) is 41.2 Å². The Morgan fingerprint density at radius 2 is 2.38 bits per heavy atom. The highest BCUT2D eigenvalue weighted by Crippen LogP contribution is 2.31. The van der Waals surface area contributed by atoms with Crippen molar-refractivity contribution in [2.45, 2.75) is 18.9 Å². The molecule has 6 nitrogen and oxygen atoms in total. The number of hydrogen-bond donors (Lipinski definition) is 1. The highest BCUT2D eigenvalue weighted by Gasteiger charge is 2.31. The zero-order valence-electron chi connectivity index (χ0n) is 13.4. The molecule has 1 N–H and O–H groups in total. The fourth-order valence-electron chi connectivity index (χ4n) is 2.82. The number of aromatic nitrogens is 2. The van der Waals surface area contributed by atoms with E-state index < -0.39 is 0 Å². The molecule has 2 aromatic rings. The number of pyridine rings is 1. The van der Waals surface area contributed by atoms with Crippen LogP contribution in [-0.4, -0.2) is 47.1 Å². The van der Waals surface area contributed by atoms with Crippen LogP contribution in [0.4, 0.5) is 5.13 Å². The Balaban J connectivity index is 1.50. The minimum atomic E-state index is -0.140. The second-order valence-electron chi connectivity index (χ2n) is 6.23. The number of ether oxygens (including phenoxy) is 1. The summed E-state index contributed by atoms with van der Waals surface area (Å²) in [6.45, 7) is 2.60.